The summed E-state index contributed by atoms with van der Waals surface area (Å²) in [6.07, 6.45) is 4.77. The van der Waals surface area contributed by atoms with E-state index in [0.29, 0.717) is 6.61 Å². The van der Waals surface area contributed by atoms with Gasteiger partial charge in [0.05, 0.1) is 0 Å². The van der Waals surface area contributed by atoms with E-state index in [1.165, 1.54) is 0 Å². The molecule has 0 N–H and O–H groups in total. The van der Waals surface area contributed by atoms with E-state index in [1.54, 1.807) is 6.21 Å². The molecular weight excluding hydrogens is 174 g/mol. The third kappa shape index (κ3) is 4.65. The zero-order valence-corrected chi connectivity index (χ0v) is 8.57. The molecule has 1 rings (SSSR count). The van der Waals surface area contributed by atoms with Gasteiger partial charge in [-0.15, -0.1) is 0 Å². The molecule has 0 aliphatic carbocycles. The highest BCUT2D eigenvalue weighted by Crippen LogP contribution is 1.96. The predicted molar refractivity (Wildman–Crippen MR) is 58.3 cm³/mol. The molecule has 14 heavy (non-hydrogen) atoms. The van der Waals surface area contributed by atoms with Crippen LogP contribution in [0.3, 0.4) is 0 Å². The summed E-state index contributed by atoms with van der Waals surface area (Å²) in [4.78, 5) is 5.05. The largest absolute Gasteiger partial charge is 0.396 e. The van der Waals surface area contributed by atoms with Crippen LogP contribution in [0.15, 0.2) is 29.4 Å². The molecule has 0 atom stereocenters. The van der Waals surface area contributed by atoms with Crippen LogP contribution in [0.25, 0.3) is 0 Å². The van der Waals surface area contributed by atoms with Gasteiger partial charge in [-0.25, -0.2) is 0 Å². The smallest absolute Gasteiger partial charge is 0.117 e. The first-order chi connectivity index (χ1) is 6.93. The second-order valence-electron chi connectivity index (χ2n) is 3.07. The number of nitrogens with zero attached hydrogens (tertiary/aromatic N) is 1. The van der Waals surface area contributed by atoms with Crippen molar-refractivity contribution < 1.29 is 4.84 Å². The summed E-state index contributed by atoms with van der Waals surface area (Å²) in [6.45, 7) is 2.84. The molecule has 1 radical (unpaired) electrons. The normalized spacial score (nSPS) is 10.6. The maximum Gasteiger partial charge on any atom is 0.117 e. The van der Waals surface area contributed by atoms with Gasteiger partial charge >= 0.3 is 0 Å². The first-order valence-electron chi connectivity index (χ1n) is 5.03. The van der Waals surface area contributed by atoms with Gasteiger partial charge in [0.1, 0.15) is 6.61 Å². The summed E-state index contributed by atoms with van der Waals surface area (Å²) >= 11 is 0. The molecule has 0 saturated heterocycles. The van der Waals surface area contributed by atoms with Crippen LogP contribution < -0.4 is 0 Å². The fraction of sp³-hybridized carbons (Fsp3) is 0.417. The molecule has 2 nitrogen and oxygen atoms in total. The molecule has 0 aliphatic heterocycles. The van der Waals surface area contributed by atoms with Crippen molar-refractivity contribution in [2.45, 2.75) is 26.2 Å². The Bertz CT molecular complexity index is 256. The van der Waals surface area contributed by atoms with Gasteiger partial charge in [-0.3, -0.25) is 0 Å². The van der Waals surface area contributed by atoms with Crippen LogP contribution in [0, 0.1) is 6.07 Å². The number of hydrogen-bond donors (Lipinski definition) is 0. The van der Waals surface area contributed by atoms with E-state index in [4.69, 9.17) is 4.84 Å². The number of unbranched alkanes of at least 4 members (excludes halogenated alkanes) is 1. The van der Waals surface area contributed by atoms with Gasteiger partial charge in [0.2, 0.25) is 0 Å². The molecule has 1 aromatic rings. The van der Waals surface area contributed by atoms with Crippen molar-refractivity contribution in [1.29, 1.82) is 0 Å². The lowest BCUT2D eigenvalue weighted by molar-refractivity contribution is 0.142. The second-order valence-corrected chi connectivity index (χ2v) is 3.07. The molecule has 0 bridgehead atoms. The van der Waals surface area contributed by atoms with E-state index >= 15 is 0 Å². The maximum absolute atomic E-state index is 5.05. The lowest BCUT2D eigenvalue weighted by Gasteiger charge is -1.96. The summed E-state index contributed by atoms with van der Waals surface area (Å²) in [5.41, 5.74) is 1.13. The Balaban J connectivity index is 2.14. The number of oxime groups is 1. The van der Waals surface area contributed by atoms with Gasteiger partial charge in [0.15, 0.2) is 0 Å². The van der Waals surface area contributed by atoms with Crippen LogP contribution in [-0.2, 0) is 11.3 Å². The Morgan fingerprint density at radius 2 is 2.43 bits per heavy atom. The monoisotopic (exact) mass is 190 g/mol. The molecule has 0 unspecified atom stereocenters. The van der Waals surface area contributed by atoms with Crippen LogP contribution in [0.5, 0.6) is 0 Å². The van der Waals surface area contributed by atoms with Gasteiger partial charge in [-0.2, -0.15) is 0 Å². The minimum atomic E-state index is 0.714. The molecule has 0 spiro atoms. The summed E-state index contributed by atoms with van der Waals surface area (Å²) in [6, 6.07) is 11.0. The van der Waals surface area contributed by atoms with Crippen LogP contribution in [0.1, 0.15) is 25.3 Å². The fourth-order valence-electron chi connectivity index (χ4n) is 1.01. The number of benzene rings is 1. The first-order valence-corrected chi connectivity index (χ1v) is 5.03. The highest BCUT2D eigenvalue weighted by molar-refractivity contribution is 5.60. The van der Waals surface area contributed by atoms with E-state index in [9.17, 15) is 0 Å². The summed E-state index contributed by atoms with van der Waals surface area (Å²) in [5.74, 6) is 0. The maximum atomic E-state index is 5.05. The van der Waals surface area contributed by atoms with E-state index in [0.717, 1.165) is 24.8 Å². The average Bonchev–Trinajstić information content (AvgIpc) is 2.25. The van der Waals surface area contributed by atoms with Crippen molar-refractivity contribution in [3.05, 3.63) is 35.9 Å². The highest BCUT2D eigenvalue weighted by atomic mass is 16.6. The summed E-state index contributed by atoms with van der Waals surface area (Å²) in [5, 5.41) is 3.86. The lowest BCUT2D eigenvalue weighted by Crippen LogP contribution is -1.89. The molecule has 75 valence electrons. The molecule has 0 aromatic heterocycles. The van der Waals surface area contributed by atoms with Crippen molar-refractivity contribution in [2.24, 2.45) is 5.16 Å². The Kier molecular flexibility index (Phi) is 5.48. The lowest BCUT2D eigenvalue weighted by atomic mass is 10.2. The molecule has 0 aliphatic rings. The SMILES string of the molecule is CCCCON=CCc1[c]cccc1. The summed E-state index contributed by atoms with van der Waals surface area (Å²) < 4.78 is 0. The minimum Gasteiger partial charge on any atom is -0.396 e. The zero-order chi connectivity index (χ0) is 10.1. The van der Waals surface area contributed by atoms with Crippen LogP contribution in [0.4, 0.5) is 0 Å². The Hall–Kier alpha value is -1.31. The van der Waals surface area contributed by atoms with Crippen molar-refractivity contribution in [3.8, 4) is 0 Å². The van der Waals surface area contributed by atoms with E-state index < -0.39 is 0 Å². The quantitative estimate of drug-likeness (QED) is 0.384. The Labute approximate surface area is 85.6 Å². The standard InChI is InChI=1S/C12H16NO/c1-2-3-11-14-13-10-9-12-7-5-4-6-8-12/h4-7,10H,2-3,9,11H2,1H3. The minimum absolute atomic E-state index is 0.714. The van der Waals surface area contributed by atoms with Crippen LogP contribution >= 0.6 is 0 Å². The summed E-state index contributed by atoms with van der Waals surface area (Å²) in [7, 11) is 0. The second kappa shape index (κ2) is 7.13. The number of hydrogen-bond acceptors (Lipinski definition) is 2. The molecule has 0 amide bonds. The van der Waals surface area contributed by atoms with E-state index in [2.05, 4.69) is 18.1 Å². The molecule has 2 heteroatoms. The zero-order valence-electron chi connectivity index (χ0n) is 8.57. The van der Waals surface area contributed by atoms with Crippen LogP contribution in [0.2, 0.25) is 0 Å². The van der Waals surface area contributed by atoms with Crippen LogP contribution in [-0.4, -0.2) is 12.8 Å². The average molecular weight is 190 g/mol. The van der Waals surface area contributed by atoms with Crippen molar-refractivity contribution >= 4 is 6.21 Å². The van der Waals surface area contributed by atoms with Gasteiger partial charge in [-0.1, -0.05) is 42.8 Å². The topological polar surface area (TPSA) is 21.6 Å². The van der Waals surface area contributed by atoms with Crippen molar-refractivity contribution in [3.63, 3.8) is 0 Å². The van der Waals surface area contributed by atoms with Gasteiger partial charge in [0.25, 0.3) is 0 Å². The van der Waals surface area contributed by atoms with Crippen molar-refractivity contribution in [2.75, 3.05) is 6.61 Å². The highest BCUT2D eigenvalue weighted by Gasteiger charge is 1.87. The molecular formula is C12H16NO. The van der Waals surface area contributed by atoms with Gasteiger partial charge in [0, 0.05) is 12.6 Å². The predicted octanol–water partition coefficient (Wildman–Crippen LogP) is 2.83. The molecule has 0 fully saturated rings. The number of rotatable bonds is 6. The first kappa shape index (κ1) is 10.8. The van der Waals surface area contributed by atoms with Gasteiger partial charge in [-0.05, 0) is 18.1 Å². The third-order valence-corrected chi connectivity index (χ3v) is 1.82. The molecule has 0 heterocycles. The Morgan fingerprint density at radius 3 is 3.14 bits per heavy atom. The van der Waals surface area contributed by atoms with E-state index in [-0.39, 0.29) is 0 Å². The Morgan fingerprint density at radius 1 is 1.50 bits per heavy atom. The van der Waals surface area contributed by atoms with Crippen molar-refractivity contribution in [1.82, 2.24) is 0 Å². The molecule has 1 aromatic carbocycles. The fourth-order valence-corrected chi connectivity index (χ4v) is 1.01. The van der Waals surface area contributed by atoms with E-state index in [1.807, 2.05) is 24.3 Å². The van der Waals surface area contributed by atoms with Gasteiger partial charge < -0.3 is 4.84 Å². The molecule has 0 saturated carbocycles. The third-order valence-electron chi connectivity index (χ3n) is 1.82.